The number of rotatable bonds is 10. The molecule has 2 amide bonds. The second-order valence-corrected chi connectivity index (χ2v) is 7.68. The molecule has 0 aliphatic rings. The summed E-state index contributed by atoms with van der Waals surface area (Å²) < 4.78 is 14.0. The molecule has 0 saturated carbocycles. The molecule has 8 heteroatoms. The topological polar surface area (TPSA) is 76.4 Å². The summed E-state index contributed by atoms with van der Waals surface area (Å²) in [5, 5.41) is 11.6. The van der Waals surface area contributed by atoms with E-state index in [-0.39, 0.29) is 48.6 Å². The van der Waals surface area contributed by atoms with E-state index < -0.39 is 11.7 Å². The zero-order chi connectivity index (χ0) is 22.8. The number of hydrogen-bond donors (Lipinski definition) is 1. The normalized spacial score (nSPS) is 10.5. The van der Waals surface area contributed by atoms with Crippen LogP contribution in [0, 0.1) is 17.1 Å². The number of halogens is 2. The first-order valence-corrected chi connectivity index (χ1v) is 10.4. The highest BCUT2D eigenvalue weighted by molar-refractivity contribution is 6.30. The van der Waals surface area contributed by atoms with Crippen molar-refractivity contribution in [3.63, 3.8) is 0 Å². The van der Waals surface area contributed by atoms with Gasteiger partial charge in [0.25, 0.3) is 0 Å². The third-order valence-electron chi connectivity index (χ3n) is 4.71. The number of nitrogens with zero attached hydrogens (tertiary/aromatic N) is 3. The standard InChI is InChI=1S/C23H26ClFN4O2/c1-17(2)29(15-21(30)27-14-18-8-6-11-20(24)23(18)25)22(31)16-28(13-7-12-26)19-9-4-3-5-10-19/h3-6,8-11,17H,7,13-16H2,1-2H3,(H,27,30). The summed E-state index contributed by atoms with van der Waals surface area (Å²) in [6, 6.07) is 15.8. The van der Waals surface area contributed by atoms with E-state index in [2.05, 4.69) is 11.4 Å². The van der Waals surface area contributed by atoms with E-state index in [1.54, 1.807) is 12.1 Å². The molecular formula is C23H26ClFN4O2. The van der Waals surface area contributed by atoms with Gasteiger partial charge in [0.15, 0.2) is 0 Å². The summed E-state index contributed by atoms with van der Waals surface area (Å²) in [5.74, 6) is -1.21. The number of hydrogen-bond acceptors (Lipinski definition) is 4. The smallest absolute Gasteiger partial charge is 0.242 e. The Kier molecular flexibility index (Phi) is 9.29. The monoisotopic (exact) mass is 444 g/mol. The van der Waals surface area contributed by atoms with Gasteiger partial charge in [-0.3, -0.25) is 9.59 Å². The van der Waals surface area contributed by atoms with Crippen LogP contribution in [0.5, 0.6) is 0 Å². The fourth-order valence-corrected chi connectivity index (χ4v) is 3.22. The van der Waals surface area contributed by atoms with Crippen molar-refractivity contribution in [2.24, 2.45) is 0 Å². The molecular weight excluding hydrogens is 419 g/mol. The third kappa shape index (κ3) is 7.26. The maximum atomic E-state index is 14.0. The highest BCUT2D eigenvalue weighted by Crippen LogP contribution is 2.18. The highest BCUT2D eigenvalue weighted by Gasteiger charge is 2.23. The van der Waals surface area contributed by atoms with Crippen LogP contribution < -0.4 is 10.2 Å². The summed E-state index contributed by atoms with van der Waals surface area (Å²) in [7, 11) is 0. The second-order valence-electron chi connectivity index (χ2n) is 7.27. The molecule has 2 aromatic carbocycles. The average molecular weight is 445 g/mol. The molecule has 164 valence electrons. The van der Waals surface area contributed by atoms with E-state index in [4.69, 9.17) is 16.9 Å². The lowest BCUT2D eigenvalue weighted by atomic mass is 10.2. The van der Waals surface area contributed by atoms with Crippen LogP contribution in [0.15, 0.2) is 48.5 Å². The molecule has 0 aliphatic heterocycles. The number of carbonyl (C=O) groups is 2. The third-order valence-corrected chi connectivity index (χ3v) is 5.00. The summed E-state index contributed by atoms with van der Waals surface area (Å²) in [4.78, 5) is 28.7. The van der Waals surface area contributed by atoms with Crippen LogP contribution in [0.25, 0.3) is 0 Å². The number of anilines is 1. The Morgan fingerprint density at radius 1 is 1.13 bits per heavy atom. The van der Waals surface area contributed by atoms with Crippen LogP contribution in [0.2, 0.25) is 5.02 Å². The number of amides is 2. The molecule has 2 rings (SSSR count). The van der Waals surface area contributed by atoms with E-state index >= 15 is 0 Å². The Balaban J connectivity index is 2.02. The van der Waals surface area contributed by atoms with E-state index in [0.29, 0.717) is 6.54 Å². The average Bonchev–Trinajstić information content (AvgIpc) is 2.76. The fourth-order valence-electron chi connectivity index (χ4n) is 3.03. The lowest BCUT2D eigenvalue weighted by Gasteiger charge is -2.30. The minimum Gasteiger partial charge on any atom is -0.361 e. The Morgan fingerprint density at radius 2 is 1.84 bits per heavy atom. The van der Waals surface area contributed by atoms with Gasteiger partial charge in [-0.2, -0.15) is 5.26 Å². The summed E-state index contributed by atoms with van der Waals surface area (Å²) in [6.07, 6.45) is 0.273. The number of nitrogens with one attached hydrogen (secondary N) is 1. The molecule has 0 atom stereocenters. The van der Waals surface area contributed by atoms with Crippen molar-refractivity contribution in [2.75, 3.05) is 24.5 Å². The molecule has 2 aromatic rings. The Hall–Kier alpha value is -3.11. The van der Waals surface area contributed by atoms with Gasteiger partial charge in [0.2, 0.25) is 11.8 Å². The number of benzene rings is 2. The van der Waals surface area contributed by atoms with Gasteiger partial charge in [-0.15, -0.1) is 0 Å². The maximum absolute atomic E-state index is 14.0. The van der Waals surface area contributed by atoms with E-state index in [0.717, 1.165) is 5.69 Å². The van der Waals surface area contributed by atoms with Gasteiger partial charge in [-0.25, -0.2) is 4.39 Å². The molecule has 0 spiro atoms. The van der Waals surface area contributed by atoms with Gasteiger partial charge in [0.05, 0.1) is 30.6 Å². The van der Waals surface area contributed by atoms with Crippen LogP contribution in [0.4, 0.5) is 10.1 Å². The quantitative estimate of drug-likeness (QED) is 0.605. The van der Waals surface area contributed by atoms with Gasteiger partial charge in [-0.05, 0) is 32.0 Å². The van der Waals surface area contributed by atoms with Crippen molar-refractivity contribution in [1.82, 2.24) is 10.2 Å². The molecule has 0 aliphatic carbocycles. The van der Waals surface area contributed by atoms with Crippen molar-refractivity contribution >= 4 is 29.1 Å². The zero-order valence-corrected chi connectivity index (χ0v) is 18.4. The Bertz CT molecular complexity index is 931. The SMILES string of the molecule is CC(C)N(CC(=O)NCc1cccc(Cl)c1F)C(=O)CN(CCC#N)c1ccccc1. The Labute approximate surface area is 187 Å². The van der Waals surface area contributed by atoms with Crippen molar-refractivity contribution in [3.05, 3.63) is 64.9 Å². The highest BCUT2D eigenvalue weighted by atomic mass is 35.5. The summed E-state index contributed by atoms with van der Waals surface area (Å²) in [5.41, 5.74) is 1.10. The summed E-state index contributed by atoms with van der Waals surface area (Å²) >= 11 is 5.77. The molecule has 1 N–H and O–H groups in total. The van der Waals surface area contributed by atoms with E-state index in [9.17, 15) is 14.0 Å². The van der Waals surface area contributed by atoms with Crippen molar-refractivity contribution < 1.29 is 14.0 Å². The van der Waals surface area contributed by atoms with Crippen LogP contribution >= 0.6 is 11.6 Å². The van der Waals surface area contributed by atoms with E-state index in [1.807, 2.05) is 49.1 Å². The van der Waals surface area contributed by atoms with Crippen LogP contribution in [0.1, 0.15) is 25.8 Å². The van der Waals surface area contributed by atoms with Crippen molar-refractivity contribution in [3.8, 4) is 6.07 Å². The lowest BCUT2D eigenvalue weighted by Crippen LogP contribution is -2.48. The second kappa shape index (κ2) is 11.9. The van der Waals surface area contributed by atoms with Gasteiger partial charge in [0.1, 0.15) is 5.82 Å². The summed E-state index contributed by atoms with van der Waals surface area (Å²) in [6.45, 7) is 3.91. The van der Waals surface area contributed by atoms with Gasteiger partial charge < -0.3 is 15.1 Å². The predicted octanol–water partition coefficient (Wildman–Crippen LogP) is 3.75. The first kappa shape index (κ1) is 24.2. The largest absolute Gasteiger partial charge is 0.361 e. The van der Waals surface area contributed by atoms with Gasteiger partial charge >= 0.3 is 0 Å². The zero-order valence-electron chi connectivity index (χ0n) is 17.6. The molecule has 0 heterocycles. The van der Waals surface area contributed by atoms with Crippen molar-refractivity contribution in [1.29, 1.82) is 5.26 Å². The molecule has 0 saturated heterocycles. The number of carbonyl (C=O) groups excluding carboxylic acids is 2. The number of para-hydroxylation sites is 1. The molecule has 0 unspecified atom stereocenters. The van der Waals surface area contributed by atoms with Crippen LogP contribution in [-0.4, -0.2) is 42.4 Å². The maximum Gasteiger partial charge on any atom is 0.242 e. The van der Waals surface area contributed by atoms with Crippen molar-refractivity contribution in [2.45, 2.75) is 32.9 Å². The Morgan fingerprint density at radius 3 is 2.48 bits per heavy atom. The molecule has 0 aromatic heterocycles. The minimum absolute atomic E-state index is 0.0101. The molecule has 0 radical (unpaired) electrons. The minimum atomic E-state index is -0.572. The fraction of sp³-hybridized carbons (Fsp3) is 0.348. The first-order chi connectivity index (χ1) is 14.8. The first-order valence-electron chi connectivity index (χ1n) is 9.99. The number of nitriles is 1. The van der Waals surface area contributed by atoms with Crippen LogP contribution in [-0.2, 0) is 16.1 Å². The molecule has 0 fully saturated rings. The molecule has 6 nitrogen and oxygen atoms in total. The molecule has 0 bridgehead atoms. The van der Waals surface area contributed by atoms with Crippen LogP contribution in [0.3, 0.4) is 0 Å². The predicted molar refractivity (Wildman–Crippen MR) is 119 cm³/mol. The van der Waals surface area contributed by atoms with Gasteiger partial charge in [0, 0.05) is 30.4 Å². The molecule has 31 heavy (non-hydrogen) atoms. The van der Waals surface area contributed by atoms with Gasteiger partial charge in [-0.1, -0.05) is 41.9 Å². The van der Waals surface area contributed by atoms with E-state index in [1.165, 1.54) is 11.0 Å². The lowest BCUT2D eigenvalue weighted by molar-refractivity contribution is -0.136.